The number of imidazole rings is 1. The Morgan fingerprint density at radius 2 is 1.61 bits per heavy atom. The summed E-state index contributed by atoms with van der Waals surface area (Å²) >= 11 is 0. The Balaban J connectivity index is 1.69. The van der Waals surface area contributed by atoms with Crippen molar-refractivity contribution in [3.8, 4) is 6.07 Å². The number of aromatic nitrogens is 2. The highest BCUT2D eigenvalue weighted by molar-refractivity contribution is 5.84. The summed E-state index contributed by atoms with van der Waals surface area (Å²) in [6.45, 7) is 4.70. The van der Waals surface area contributed by atoms with Crippen molar-refractivity contribution in [2.24, 2.45) is 0 Å². The number of rotatable bonds is 6. The number of allylic oxidation sites excluding steroid dienone is 1. The number of nitrogens with zero attached hydrogens (tertiary/aromatic N) is 3. The molecule has 0 aliphatic rings. The van der Waals surface area contributed by atoms with Crippen LogP contribution in [0.5, 0.6) is 0 Å². The molecule has 1 aromatic heterocycles. The zero-order chi connectivity index (χ0) is 21.8. The van der Waals surface area contributed by atoms with Gasteiger partial charge in [-0.1, -0.05) is 55.5 Å². The van der Waals surface area contributed by atoms with Gasteiger partial charge in [-0.25, -0.2) is 9.37 Å². The second-order valence-electron chi connectivity index (χ2n) is 7.67. The Hall–Kier alpha value is -3.71. The zero-order valence-corrected chi connectivity index (χ0v) is 17.8. The summed E-state index contributed by atoms with van der Waals surface area (Å²) in [4.78, 5) is 4.81. The van der Waals surface area contributed by atoms with Crippen LogP contribution >= 0.6 is 0 Å². The number of para-hydroxylation sites is 2. The van der Waals surface area contributed by atoms with Gasteiger partial charge in [0.1, 0.15) is 11.6 Å². The molecule has 0 radical (unpaired) electrons. The van der Waals surface area contributed by atoms with Crippen molar-refractivity contribution < 1.29 is 4.39 Å². The van der Waals surface area contributed by atoms with Gasteiger partial charge in [0.25, 0.3) is 0 Å². The molecule has 0 amide bonds. The third-order valence-corrected chi connectivity index (χ3v) is 5.47. The lowest BCUT2D eigenvalue weighted by Crippen LogP contribution is -2.05. The Bertz CT molecular complexity index is 1270. The molecule has 4 heteroatoms. The maximum Gasteiger partial charge on any atom is 0.123 e. The maximum atomic E-state index is 13.4. The molecule has 3 aromatic carbocycles. The highest BCUT2D eigenvalue weighted by atomic mass is 19.1. The molecule has 0 spiro atoms. The Morgan fingerprint density at radius 1 is 0.968 bits per heavy atom. The van der Waals surface area contributed by atoms with Crippen molar-refractivity contribution >= 4 is 16.6 Å². The first kappa shape index (κ1) is 20.6. The average Bonchev–Trinajstić information content (AvgIpc) is 3.13. The van der Waals surface area contributed by atoms with E-state index in [2.05, 4.69) is 41.8 Å². The first-order valence-electron chi connectivity index (χ1n) is 10.5. The van der Waals surface area contributed by atoms with Gasteiger partial charge in [-0.2, -0.15) is 5.26 Å². The Morgan fingerprint density at radius 3 is 2.26 bits per heavy atom. The van der Waals surface area contributed by atoms with Gasteiger partial charge in [0, 0.05) is 24.1 Å². The lowest BCUT2D eigenvalue weighted by atomic mass is 9.93. The summed E-state index contributed by atoms with van der Waals surface area (Å²) in [6, 6.07) is 25.0. The van der Waals surface area contributed by atoms with Crippen LogP contribution in [-0.2, 0) is 13.0 Å². The number of hydrogen-bond donors (Lipinski definition) is 0. The summed E-state index contributed by atoms with van der Waals surface area (Å²) in [5.41, 5.74) is 6.53. The molecule has 0 unspecified atom stereocenters. The average molecular weight is 410 g/mol. The largest absolute Gasteiger partial charge is 0.323 e. The minimum Gasteiger partial charge on any atom is -0.323 e. The first-order valence-corrected chi connectivity index (χ1v) is 10.5. The SMILES string of the molecule is CCCc1nc2ccccc2n1Cc1ccc(/C(=C(\C)C#N)c2ccc(F)cc2)cc1. The topological polar surface area (TPSA) is 41.6 Å². The number of hydrogen-bond acceptors (Lipinski definition) is 2. The van der Waals surface area contributed by atoms with Gasteiger partial charge < -0.3 is 4.57 Å². The first-order chi connectivity index (χ1) is 15.1. The van der Waals surface area contributed by atoms with Crippen LogP contribution in [0.3, 0.4) is 0 Å². The van der Waals surface area contributed by atoms with Crippen LogP contribution in [0.4, 0.5) is 4.39 Å². The molecule has 0 N–H and O–H groups in total. The molecule has 31 heavy (non-hydrogen) atoms. The van der Waals surface area contributed by atoms with Crippen molar-refractivity contribution in [3.63, 3.8) is 0 Å². The van der Waals surface area contributed by atoms with Gasteiger partial charge >= 0.3 is 0 Å². The highest BCUT2D eigenvalue weighted by Crippen LogP contribution is 2.28. The van der Waals surface area contributed by atoms with Crippen LogP contribution in [0.15, 0.2) is 78.4 Å². The summed E-state index contributed by atoms with van der Waals surface area (Å²) in [7, 11) is 0. The van der Waals surface area contributed by atoms with E-state index in [-0.39, 0.29) is 5.82 Å². The fraction of sp³-hybridized carbons (Fsp3) is 0.185. The minimum absolute atomic E-state index is 0.288. The fourth-order valence-electron chi connectivity index (χ4n) is 3.95. The molecular weight excluding hydrogens is 385 g/mol. The zero-order valence-electron chi connectivity index (χ0n) is 17.8. The van der Waals surface area contributed by atoms with Crippen molar-refractivity contribution in [3.05, 3.63) is 107 Å². The van der Waals surface area contributed by atoms with E-state index in [0.29, 0.717) is 5.57 Å². The third-order valence-electron chi connectivity index (χ3n) is 5.47. The number of fused-ring (bicyclic) bond motifs is 1. The van der Waals surface area contributed by atoms with E-state index in [1.807, 2.05) is 24.3 Å². The molecule has 4 rings (SSSR count). The molecule has 0 saturated carbocycles. The normalized spacial score (nSPS) is 11.9. The molecule has 154 valence electrons. The molecular formula is C27H24FN3. The Labute approximate surface area is 182 Å². The third kappa shape index (κ3) is 4.27. The van der Waals surface area contributed by atoms with Crippen LogP contribution in [0.1, 0.15) is 42.8 Å². The van der Waals surface area contributed by atoms with Crippen molar-refractivity contribution in [2.45, 2.75) is 33.2 Å². The van der Waals surface area contributed by atoms with E-state index in [1.54, 1.807) is 19.1 Å². The van der Waals surface area contributed by atoms with E-state index in [1.165, 1.54) is 12.1 Å². The van der Waals surface area contributed by atoms with Crippen LogP contribution in [0.2, 0.25) is 0 Å². The number of nitriles is 1. The van der Waals surface area contributed by atoms with E-state index < -0.39 is 0 Å². The quantitative estimate of drug-likeness (QED) is 0.340. The van der Waals surface area contributed by atoms with Crippen molar-refractivity contribution in [1.29, 1.82) is 5.26 Å². The predicted molar refractivity (Wildman–Crippen MR) is 123 cm³/mol. The second-order valence-corrected chi connectivity index (χ2v) is 7.67. The molecule has 0 aliphatic heterocycles. The second kappa shape index (κ2) is 8.97. The number of aryl methyl sites for hydroxylation is 1. The van der Waals surface area contributed by atoms with Crippen LogP contribution in [-0.4, -0.2) is 9.55 Å². The van der Waals surface area contributed by atoms with Crippen molar-refractivity contribution in [2.75, 3.05) is 0 Å². The van der Waals surface area contributed by atoms with Gasteiger partial charge in [-0.05, 0) is 54.3 Å². The molecule has 0 bridgehead atoms. The van der Waals surface area contributed by atoms with Gasteiger partial charge in [0.05, 0.1) is 17.1 Å². The van der Waals surface area contributed by atoms with Crippen LogP contribution in [0, 0.1) is 17.1 Å². The molecule has 3 nitrogen and oxygen atoms in total. The van der Waals surface area contributed by atoms with E-state index in [4.69, 9.17) is 4.98 Å². The standard InChI is InChI=1S/C27H24FN3/c1-3-6-26-30-24-7-4-5-8-25(24)31(26)18-20-9-11-21(12-10-20)27(19(2)17-29)22-13-15-23(28)16-14-22/h4-5,7-16H,3,6,18H2,1-2H3/b27-19-. The van der Waals surface area contributed by atoms with Gasteiger partial charge in [0.15, 0.2) is 0 Å². The van der Waals surface area contributed by atoms with Crippen LogP contribution < -0.4 is 0 Å². The van der Waals surface area contributed by atoms with Gasteiger partial charge in [-0.3, -0.25) is 0 Å². The monoisotopic (exact) mass is 409 g/mol. The van der Waals surface area contributed by atoms with E-state index >= 15 is 0 Å². The van der Waals surface area contributed by atoms with E-state index in [9.17, 15) is 9.65 Å². The Kier molecular flexibility index (Phi) is 5.95. The summed E-state index contributed by atoms with van der Waals surface area (Å²) in [5.74, 6) is 0.809. The fourth-order valence-corrected chi connectivity index (χ4v) is 3.95. The highest BCUT2D eigenvalue weighted by Gasteiger charge is 2.12. The lowest BCUT2D eigenvalue weighted by molar-refractivity contribution is 0.627. The predicted octanol–water partition coefficient (Wildman–Crippen LogP) is 6.52. The minimum atomic E-state index is -0.288. The van der Waals surface area contributed by atoms with Gasteiger partial charge in [0.2, 0.25) is 0 Å². The summed E-state index contributed by atoms with van der Waals surface area (Å²) in [5, 5.41) is 9.50. The van der Waals surface area contributed by atoms with Crippen LogP contribution in [0.25, 0.3) is 16.6 Å². The number of benzene rings is 3. The van der Waals surface area contributed by atoms with E-state index in [0.717, 1.165) is 58.5 Å². The molecule has 0 fully saturated rings. The molecule has 0 atom stereocenters. The summed E-state index contributed by atoms with van der Waals surface area (Å²) in [6.07, 6.45) is 1.98. The number of halogens is 1. The molecule has 4 aromatic rings. The lowest BCUT2D eigenvalue weighted by Gasteiger charge is -2.12. The molecule has 0 aliphatic carbocycles. The van der Waals surface area contributed by atoms with Crippen molar-refractivity contribution in [1.82, 2.24) is 9.55 Å². The molecule has 0 saturated heterocycles. The molecule has 1 heterocycles. The van der Waals surface area contributed by atoms with Gasteiger partial charge in [-0.15, -0.1) is 0 Å². The summed E-state index contributed by atoms with van der Waals surface area (Å²) < 4.78 is 15.7. The maximum absolute atomic E-state index is 13.4. The smallest absolute Gasteiger partial charge is 0.123 e.